The van der Waals surface area contributed by atoms with Crippen molar-refractivity contribution < 1.29 is 14.6 Å². The Kier molecular flexibility index (Phi) is 4.80. The number of carbonyl (C=O) groups excluding carboxylic acids is 1. The molecule has 0 spiro atoms. The van der Waals surface area contributed by atoms with Crippen molar-refractivity contribution in [1.29, 1.82) is 0 Å². The van der Waals surface area contributed by atoms with Crippen molar-refractivity contribution in [1.82, 2.24) is 0 Å². The predicted molar refractivity (Wildman–Crippen MR) is 55.9 cm³/mol. The molecule has 0 radical (unpaired) electrons. The number of hydrogen-bond acceptors (Lipinski definition) is 4. The molecule has 0 saturated heterocycles. The number of hydrogen-bond donors (Lipinski definition) is 2. The van der Waals surface area contributed by atoms with Gasteiger partial charge in [0.1, 0.15) is 6.61 Å². The largest absolute Gasteiger partial charge is 0.459 e. The number of ether oxygens (including phenoxy) is 1. The molecule has 1 atom stereocenters. The van der Waals surface area contributed by atoms with Gasteiger partial charge in [0.15, 0.2) is 6.10 Å². The molecule has 0 bridgehead atoms. The second kappa shape index (κ2) is 6.16. The van der Waals surface area contributed by atoms with Gasteiger partial charge in [-0.25, -0.2) is 4.79 Å². The van der Waals surface area contributed by atoms with E-state index in [4.69, 9.17) is 10.5 Å². The molecule has 1 aromatic carbocycles. The summed E-state index contributed by atoms with van der Waals surface area (Å²) in [5.74, 6) is -0.621. The van der Waals surface area contributed by atoms with Gasteiger partial charge in [-0.05, 0) is 18.5 Å². The summed E-state index contributed by atoms with van der Waals surface area (Å²) in [6.07, 6.45) is -0.883. The number of esters is 1. The van der Waals surface area contributed by atoms with Gasteiger partial charge in [-0.15, -0.1) is 0 Å². The van der Waals surface area contributed by atoms with Crippen LogP contribution in [0.4, 0.5) is 0 Å². The van der Waals surface area contributed by atoms with Gasteiger partial charge in [-0.2, -0.15) is 0 Å². The van der Waals surface area contributed by atoms with Crippen LogP contribution in [0.2, 0.25) is 0 Å². The Morgan fingerprint density at radius 3 is 2.67 bits per heavy atom. The maximum Gasteiger partial charge on any atom is 0.335 e. The molecule has 0 fully saturated rings. The number of aliphatic hydroxyl groups excluding tert-OH is 1. The lowest BCUT2D eigenvalue weighted by molar-refractivity contribution is -0.155. The highest BCUT2D eigenvalue weighted by Gasteiger charge is 2.15. The van der Waals surface area contributed by atoms with Gasteiger partial charge in [0, 0.05) is 0 Å². The standard InChI is InChI=1S/C11H15NO3/c12-7-6-10(13)11(14)15-8-9-4-2-1-3-5-9/h1-5,10,13H,6-8,12H2. The first kappa shape index (κ1) is 11.7. The minimum atomic E-state index is -1.11. The topological polar surface area (TPSA) is 72.5 Å². The van der Waals surface area contributed by atoms with Crippen LogP contribution in [0.5, 0.6) is 0 Å². The molecule has 0 aliphatic rings. The van der Waals surface area contributed by atoms with Crippen molar-refractivity contribution in [2.75, 3.05) is 6.54 Å². The lowest BCUT2D eigenvalue weighted by Crippen LogP contribution is -2.25. The first-order chi connectivity index (χ1) is 7.24. The van der Waals surface area contributed by atoms with Crippen LogP contribution in [0.25, 0.3) is 0 Å². The van der Waals surface area contributed by atoms with Crippen molar-refractivity contribution in [3.8, 4) is 0 Å². The van der Waals surface area contributed by atoms with Crippen LogP contribution in [0.3, 0.4) is 0 Å². The molecule has 0 aliphatic heterocycles. The van der Waals surface area contributed by atoms with Gasteiger partial charge in [0.05, 0.1) is 0 Å². The van der Waals surface area contributed by atoms with Gasteiger partial charge in [0.2, 0.25) is 0 Å². The number of nitrogens with two attached hydrogens (primary N) is 1. The maximum absolute atomic E-state index is 11.2. The van der Waals surface area contributed by atoms with E-state index < -0.39 is 12.1 Å². The molecule has 1 unspecified atom stereocenters. The van der Waals surface area contributed by atoms with Crippen molar-refractivity contribution in [2.45, 2.75) is 19.1 Å². The zero-order valence-electron chi connectivity index (χ0n) is 8.43. The van der Waals surface area contributed by atoms with E-state index in [0.717, 1.165) is 5.56 Å². The molecule has 0 saturated carbocycles. The van der Waals surface area contributed by atoms with E-state index in [2.05, 4.69) is 0 Å². The van der Waals surface area contributed by atoms with E-state index in [9.17, 15) is 9.90 Å². The Morgan fingerprint density at radius 1 is 1.40 bits per heavy atom. The van der Waals surface area contributed by atoms with Crippen LogP contribution in [-0.4, -0.2) is 23.7 Å². The van der Waals surface area contributed by atoms with Gasteiger partial charge < -0.3 is 15.6 Å². The van der Waals surface area contributed by atoms with E-state index in [1.54, 1.807) is 0 Å². The molecule has 4 heteroatoms. The van der Waals surface area contributed by atoms with Gasteiger partial charge in [-0.1, -0.05) is 30.3 Å². The highest BCUT2D eigenvalue weighted by molar-refractivity contribution is 5.74. The summed E-state index contributed by atoms with van der Waals surface area (Å²) in [7, 11) is 0. The van der Waals surface area contributed by atoms with Crippen LogP contribution in [0.1, 0.15) is 12.0 Å². The molecular weight excluding hydrogens is 194 g/mol. The third-order valence-electron chi connectivity index (χ3n) is 1.94. The second-order valence-corrected chi connectivity index (χ2v) is 3.19. The zero-order chi connectivity index (χ0) is 11.1. The molecule has 82 valence electrons. The van der Waals surface area contributed by atoms with Gasteiger partial charge in [-0.3, -0.25) is 0 Å². The van der Waals surface area contributed by atoms with Crippen molar-refractivity contribution >= 4 is 5.97 Å². The number of aliphatic hydroxyl groups is 1. The molecule has 15 heavy (non-hydrogen) atoms. The molecule has 0 amide bonds. The molecule has 0 aromatic heterocycles. The first-order valence-electron chi connectivity index (χ1n) is 4.82. The smallest absolute Gasteiger partial charge is 0.335 e. The monoisotopic (exact) mass is 209 g/mol. The lowest BCUT2D eigenvalue weighted by Gasteiger charge is -2.09. The quantitative estimate of drug-likeness (QED) is 0.690. The third kappa shape index (κ3) is 4.10. The van der Waals surface area contributed by atoms with Crippen molar-refractivity contribution in [3.05, 3.63) is 35.9 Å². The highest BCUT2D eigenvalue weighted by atomic mass is 16.5. The fourth-order valence-corrected chi connectivity index (χ4v) is 1.10. The van der Waals surface area contributed by atoms with E-state index in [-0.39, 0.29) is 19.6 Å². The zero-order valence-corrected chi connectivity index (χ0v) is 8.43. The lowest BCUT2D eigenvalue weighted by atomic mass is 10.2. The summed E-state index contributed by atoms with van der Waals surface area (Å²) in [4.78, 5) is 11.2. The van der Waals surface area contributed by atoms with Crippen LogP contribution >= 0.6 is 0 Å². The minimum Gasteiger partial charge on any atom is -0.459 e. The van der Waals surface area contributed by atoms with Crippen molar-refractivity contribution in [2.24, 2.45) is 5.73 Å². The molecule has 0 heterocycles. The normalized spacial score (nSPS) is 12.1. The van der Waals surface area contributed by atoms with E-state index in [1.807, 2.05) is 30.3 Å². The Hall–Kier alpha value is -1.39. The van der Waals surface area contributed by atoms with Crippen LogP contribution < -0.4 is 5.73 Å². The Labute approximate surface area is 88.7 Å². The average Bonchev–Trinajstić information content (AvgIpc) is 2.27. The third-order valence-corrected chi connectivity index (χ3v) is 1.94. The fraction of sp³-hybridized carbons (Fsp3) is 0.364. The van der Waals surface area contributed by atoms with Gasteiger partial charge >= 0.3 is 5.97 Å². The Morgan fingerprint density at radius 2 is 2.07 bits per heavy atom. The number of rotatable bonds is 5. The molecule has 1 rings (SSSR count). The minimum absolute atomic E-state index is 0.182. The van der Waals surface area contributed by atoms with E-state index in [1.165, 1.54) is 0 Å². The first-order valence-corrected chi connectivity index (χ1v) is 4.82. The maximum atomic E-state index is 11.2. The molecular formula is C11H15NO3. The number of carbonyl (C=O) groups is 1. The number of benzene rings is 1. The highest BCUT2D eigenvalue weighted by Crippen LogP contribution is 2.02. The van der Waals surface area contributed by atoms with Crippen molar-refractivity contribution in [3.63, 3.8) is 0 Å². The molecule has 3 N–H and O–H groups in total. The summed E-state index contributed by atoms with van der Waals surface area (Å²) >= 11 is 0. The Balaban J connectivity index is 2.34. The Bertz CT molecular complexity index is 300. The van der Waals surface area contributed by atoms with Crippen LogP contribution in [0, 0.1) is 0 Å². The average molecular weight is 209 g/mol. The van der Waals surface area contributed by atoms with E-state index in [0.29, 0.717) is 0 Å². The molecule has 0 aliphatic carbocycles. The molecule has 1 aromatic rings. The van der Waals surface area contributed by atoms with E-state index >= 15 is 0 Å². The summed E-state index contributed by atoms with van der Waals surface area (Å²) in [6, 6.07) is 9.30. The predicted octanol–water partition coefficient (Wildman–Crippen LogP) is 0.439. The summed E-state index contributed by atoms with van der Waals surface area (Å²) in [5, 5.41) is 9.24. The van der Waals surface area contributed by atoms with Gasteiger partial charge in [0.25, 0.3) is 0 Å². The van der Waals surface area contributed by atoms with Crippen LogP contribution in [0.15, 0.2) is 30.3 Å². The summed E-state index contributed by atoms with van der Waals surface area (Å²) < 4.78 is 4.90. The SMILES string of the molecule is NCCC(O)C(=O)OCc1ccccc1. The fourth-order valence-electron chi connectivity index (χ4n) is 1.10. The second-order valence-electron chi connectivity index (χ2n) is 3.19. The summed E-state index contributed by atoms with van der Waals surface area (Å²) in [5.41, 5.74) is 6.10. The molecule has 4 nitrogen and oxygen atoms in total. The van der Waals surface area contributed by atoms with Crippen LogP contribution in [-0.2, 0) is 16.1 Å². The summed E-state index contributed by atoms with van der Waals surface area (Å²) in [6.45, 7) is 0.447.